The van der Waals surface area contributed by atoms with Gasteiger partial charge in [-0.1, -0.05) is 292 Å². The van der Waals surface area contributed by atoms with Gasteiger partial charge >= 0.3 is 13.8 Å². The van der Waals surface area contributed by atoms with Gasteiger partial charge in [0.2, 0.25) is 11.8 Å². The number of hydrogen-bond acceptors (Lipinski definition) is 16. The third kappa shape index (κ3) is 46.2. The SMILES string of the molecule is CCCCCCCCCCCCCCCCCC(=O)O[C@H](CCCCCCCCCCCCCCC)CC(=O)N[C@H]1[C@H](OC[C@H]2O[C@H](OP(=O)(O)O)[C@H](NC(=O)C[C@H](O)CCCCCCCCCCCCCCC)[C@@H](O)[C@@H]2O)O[C@H](CO)[C@@H](O)[C@@H]1O.CCN(CC)CC. The zero-order valence-corrected chi connectivity index (χ0v) is 60.5. The highest BCUT2D eigenvalue weighted by Crippen LogP contribution is 2.41. The Hall–Kier alpha value is -1.88. The quantitative estimate of drug-likeness (QED) is 0.0154. The van der Waals surface area contributed by atoms with Crippen molar-refractivity contribution >= 4 is 25.6 Å². The third-order valence-electron chi connectivity index (χ3n) is 18.6. The summed E-state index contributed by atoms with van der Waals surface area (Å²) in [6.45, 7) is 15.3. The van der Waals surface area contributed by atoms with E-state index in [1.165, 1.54) is 193 Å². The van der Waals surface area contributed by atoms with E-state index < -0.39 is 119 Å². The fourth-order valence-corrected chi connectivity index (χ4v) is 13.0. The van der Waals surface area contributed by atoms with E-state index in [9.17, 15) is 59.4 Å². The highest BCUT2D eigenvalue weighted by Gasteiger charge is 2.50. The van der Waals surface area contributed by atoms with E-state index in [4.69, 9.17) is 23.5 Å². The molecule has 2 heterocycles. The molecule has 0 unspecified atom stereocenters. The van der Waals surface area contributed by atoms with Crippen molar-refractivity contribution in [3.05, 3.63) is 0 Å². The van der Waals surface area contributed by atoms with Crippen molar-refractivity contribution in [1.29, 1.82) is 0 Å². The summed E-state index contributed by atoms with van der Waals surface area (Å²) in [6, 6.07) is -3.22. The molecule has 0 spiro atoms. The number of hydrogen-bond donors (Lipinski definition) is 10. The molecule has 0 saturated carbocycles. The summed E-state index contributed by atoms with van der Waals surface area (Å²) in [5.74, 6) is -1.85. The van der Waals surface area contributed by atoms with Crippen LogP contribution in [0, 0.1) is 0 Å². The lowest BCUT2D eigenvalue weighted by Gasteiger charge is -2.45. The molecule has 2 aliphatic heterocycles. The van der Waals surface area contributed by atoms with E-state index in [2.05, 4.69) is 57.1 Å². The molecule has 12 atom stereocenters. The number of carbonyl (C=O) groups excluding carboxylic acids is 3. The van der Waals surface area contributed by atoms with Crippen molar-refractivity contribution in [2.24, 2.45) is 0 Å². The van der Waals surface area contributed by atoms with E-state index in [0.29, 0.717) is 32.1 Å². The summed E-state index contributed by atoms with van der Waals surface area (Å²) in [7, 11) is -5.37. The lowest BCUT2D eigenvalue weighted by atomic mass is 9.95. The minimum atomic E-state index is -5.37. The molecule has 2 fully saturated rings. The summed E-state index contributed by atoms with van der Waals surface area (Å²) < 4.78 is 40.4. The molecule has 0 aromatic carbocycles. The van der Waals surface area contributed by atoms with Gasteiger partial charge in [0.05, 0.1) is 32.2 Å². The Morgan fingerprint density at radius 2 is 0.785 bits per heavy atom. The maximum atomic E-state index is 13.9. The smallest absolute Gasteiger partial charge is 0.462 e. The summed E-state index contributed by atoms with van der Waals surface area (Å²) >= 11 is 0. The van der Waals surface area contributed by atoms with E-state index in [1.54, 1.807) is 0 Å². The number of phosphoric ester groups is 1. The predicted octanol–water partition coefficient (Wildman–Crippen LogP) is 13.6. The van der Waals surface area contributed by atoms with Gasteiger partial charge in [-0.25, -0.2) is 4.57 Å². The second-order valence-electron chi connectivity index (χ2n) is 26.9. The van der Waals surface area contributed by atoms with Crippen LogP contribution >= 0.6 is 7.82 Å². The molecular weight excluding hydrogens is 1210 g/mol. The van der Waals surface area contributed by atoms with Crippen LogP contribution in [0.25, 0.3) is 0 Å². The Labute approximate surface area is 564 Å². The lowest BCUT2D eigenvalue weighted by Crippen LogP contribution is -2.66. The van der Waals surface area contributed by atoms with Crippen LogP contribution in [0.3, 0.4) is 0 Å². The fraction of sp³-hybridized carbons (Fsp3) is 0.958. The van der Waals surface area contributed by atoms with Crippen LogP contribution in [0.4, 0.5) is 0 Å². The predicted molar refractivity (Wildman–Crippen MR) is 370 cm³/mol. The molecule has 93 heavy (non-hydrogen) atoms. The summed E-state index contributed by atoms with van der Waals surface area (Å²) in [6.07, 6.45) is 32.5. The Bertz CT molecular complexity index is 1800. The van der Waals surface area contributed by atoms with Crippen LogP contribution in [-0.2, 0) is 42.4 Å². The number of nitrogens with zero attached hydrogens (tertiary/aromatic N) is 1. The van der Waals surface area contributed by atoms with Crippen molar-refractivity contribution in [3.8, 4) is 0 Å². The van der Waals surface area contributed by atoms with Crippen molar-refractivity contribution < 1.29 is 82.8 Å². The van der Waals surface area contributed by atoms with Gasteiger partial charge in [-0.05, 0) is 45.3 Å². The maximum absolute atomic E-state index is 13.9. The first-order chi connectivity index (χ1) is 44.9. The van der Waals surface area contributed by atoms with Gasteiger partial charge in [0, 0.05) is 6.42 Å². The molecule has 20 nitrogen and oxygen atoms in total. The number of carbonyl (C=O) groups is 3. The minimum absolute atomic E-state index is 0.217. The summed E-state index contributed by atoms with van der Waals surface area (Å²) in [5, 5.41) is 70.6. The molecule has 0 aromatic heterocycles. The Morgan fingerprint density at radius 1 is 0.452 bits per heavy atom. The number of aliphatic hydroxyl groups excluding tert-OH is 6. The van der Waals surface area contributed by atoms with Crippen molar-refractivity contribution in [3.63, 3.8) is 0 Å². The Morgan fingerprint density at radius 3 is 1.15 bits per heavy atom. The number of amides is 2. The number of nitrogens with one attached hydrogen (secondary N) is 2. The molecule has 0 aliphatic carbocycles. The van der Waals surface area contributed by atoms with Crippen LogP contribution in [0.2, 0.25) is 0 Å². The third-order valence-corrected chi connectivity index (χ3v) is 19.1. The van der Waals surface area contributed by atoms with Crippen LogP contribution in [0.1, 0.15) is 337 Å². The van der Waals surface area contributed by atoms with Gasteiger partial charge < -0.3 is 74.9 Å². The molecule has 2 aliphatic rings. The second-order valence-corrected chi connectivity index (χ2v) is 28.1. The molecule has 0 radical (unpaired) electrons. The Kier molecular flexibility index (Phi) is 56.6. The molecule has 21 heteroatoms. The molecule has 2 saturated heterocycles. The zero-order chi connectivity index (χ0) is 68.7. The molecule has 2 rings (SSSR count). The van der Waals surface area contributed by atoms with Gasteiger partial charge in [0.1, 0.15) is 54.8 Å². The molecular formula is C72H142N3O17P. The first kappa shape index (κ1) is 89.1. The normalized spacial score (nSPS) is 22.3. The lowest BCUT2D eigenvalue weighted by molar-refractivity contribution is -0.296. The van der Waals surface area contributed by atoms with E-state index in [-0.39, 0.29) is 12.8 Å². The largest absolute Gasteiger partial charge is 0.472 e. The van der Waals surface area contributed by atoms with Gasteiger partial charge in [-0.3, -0.25) is 18.9 Å². The topological polar surface area (TPSA) is 304 Å². The standard InChI is InChI=1S/C66H127N2O17P.C6H15N/c1-4-7-10-13-16-19-22-25-26-29-32-35-38-41-44-47-58(73)82-53(46-43-40-37-34-31-28-24-21-18-15-12-9-6-3)49-57(72)68-59-63(76)61(74)54(50-69)83-65(59)81-51-55-62(75)64(77)60(66(84-55)85-86(78,79)80)67-56(71)48-52(70)45-42-39-36-33-30-27-23-20-17-14-11-8-5-2;1-4-7(5-2)6-3/h52-55,59-66,69-70,74-77H,4-51H2,1-3H3,(H,67,71)(H,68,72)(H2,78,79,80);4-6H2,1-3H3/t52-,53-,54-,55-,59-,60-,61-,62-,63-,64-,65-,66-;/m1./s1. The van der Waals surface area contributed by atoms with Crippen molar-refractivity contribution in [1.82, 2.24) is 15.5 Å². The number of aliphatic hydroxyl groups is 6. The van der Waals surface area contributed by atoms with Gasteiger partial charge in [-0.2, -0.15) is 0 Å². The fourth-order valence-electron chi connectivity index (χ4n) is 12.6. The molecule has 0 aromatic rings. The monoisotopic (exact) mass is 1350 g/mol. The summed E-state index contributed by atoms with van der Waals surface area (Å²) in [5.41, 5.74) is 0. The number of ether oxygens (including phenoxy) is 4. The minimum Gasteiger partial charge on any atom is -0.462 e. The average molecular weight is 1350 g/mol. The molecule has 552 valence electrons. The van der Waals surface area contributed by atoms with E-state index in [1.807, 2.05) is 0 Å². The molecule has 2 amide bonds. The highest BCUT2D eigenvalue weighted by atomic mass is 31.2. The van der Waals surface area contributed by atoms with Crippen LogP contribution in [0.5, 0.6) is 0 Å². The van der Waals surface area contributed by atoms with Gasteiger partial charge in [-0.15, -0.1) is 0 Å². The number of phosphoric acid groups is 1. The first-order valence-corrected chi connectivity index (χ1v) is 39.6. The number of rotatable bonds is 60. The van der Waals surface area contributed by atoms with Crippen molar-refractivity contribution in [2.75, 3.05) is 32.8 Å². The van der Waals surface area contributed by atoms with Crippen LogP contribution in [0.15, 0.2) is 0 Å². The van der Waals surface area contributed by atoms with Gasteiger partial charge in [0.25, 0.3) is 0 Å². The second kappa shape index (κ2) is 59.0. The van der Waals surface area contributed by atoms with Crippen molar-refractivity contribution in [2.45, 2.75) is 410 Å². The Balaban J connectivity index is 0.00000581. The maximum Gasteiger partial charge on any atom is 0.472 e. The molecule has 10 N–H and O–H groups in total. The zero-order valence-electron chi connectivity index (χ0n) is 59.6. The number of esters is 1. The summed E-state index contributed by atoms with van der Waals surface area (Å²) in [4.78, 5) is 62.4. The first-order valence-electron chi connectivity index (χ1n) is 38.1. The highest BCUT2D eigenvalue weighted by molar-refractivity contribution is 7.46. The van der Waals surface area contributed by atoms with E-state index >= 15 is 0 Å². The van der Waals surface area contributed by atoms with Crippen LogP contribution in [-0.4, -0.2) is 169 Å². The van der Waals surface area contributed by atoms with Crippen LogP contribution < -0.4 is 10.6 Å². The molecule has 0 bridgehead atoms. The average Bonchev–Trinajstić information content (AvgIpc) is 0.812. The van der Waals surface area contributed by atoms with E-state index in [0.717, 1.165) is 70.6 Å². The van der Waals surface area contributed by atoms with Gasteiger partial charge in [0.15, 0.2) is 12.6 Å². The number of unbranched alkanes of at least 4 members (excludes halogenated alkanes) is 38.